The van der Waals surface area contributed by atoms with Gasteiger partial charge in [0.1, 0.15) is 11.6 Å². The summed E-state index contributed by atoms with van der Waals surface area (Å²) < 4.78 is 12.6. The maximum absolute atomic E-state index is 13.4. The van der Waals surface area contributed by atoms with Crippen LogP contribution in [0, 0.1) is 3.57 Å². The minimum atomic E-state index is -0.119. The highest BCUT2D eigenvalue weighted by atomic mass is 127. The lowest BCUT2D eigenvalue weighted by atomic mass is 9.95. The highest BCUT2D eigenvalue weighted by molar-refractivity contribution is 14.1. The molecular weight excluding hydrogens is 666 g/mol. The van der Waals surface area contributed by atoms with Crippen LogP contribution in [0.15, 0.2) is 65.7 Å². The standard InChI is InChI=1S/C30H25Cl2IN2O3S/c1-37-25-15-19(14-24(33)28(25)38-17-18-11-12-22(31)23(32)13-18)16-34-30-27(21-9-5-6-10-26(21)39-30)29(36)35-20-7-3-2-4-8-20/h2-4,7-8,11-16H,5-6,9-10,17H2,1H3,(H,35,36). The summed E-state index contributed by atoms with van der Waals surface area (Å²) in [4.78, 5) is 19.4. The number of carbonyl (C=O) groups is 1. The summed E-state index contributed by atoms with van der Waals surface area (Å²) in [6.45, 7) is 0.317. The number of aryl methyl sites for hydroxylation is 1. The molecule has 1 aliphatic rings. The number of hydrogen-bond donors (Lipinski definition) is 1. The van der Waals surface area contributed by atoms with Gasteiger partial charge in [0, 0.05) is 16.8 Å². The summed E-state index contributed by atoms with van der Waals surface area (Å²) in [6.07, 6.45) is 5.88. The summed E-state index contributed by atoms with van der Waals surface area (Å²) in [6, 6.07) is 18.8. The Bertz CT molecular complexity index is 1540. The fraction of sp³-hybridized carbons (Fsp3) is 0.200. The van der Waals surface area contributed by atoms with Gasteiger partial charge in [0.25, 0.3) is 5.91 Å². The number of aliphatic imine (C=N–C) groups is 1. The van der Waals surface area contributed by atoms with E-state index in [2.05, 4.69) is 27.9 Å². The zero-order valence-electron chi connectivity index (χ0n) is 21.1. The van der Waals surface area contributed by atoms with Gasteiger partial charge in [0.15, 0.2) is 11.5 Å². The quantitative estimate of drug-likeness (QED) is 0.148. The van der Waals surface area contributed by atoms with Gasteiger partial charge in [-0.1, -0.05) is 47.5 Å². The van der Waals surface area contributed by atoms with Gasteiger partial charge in [-0.05, 0) is 101 Å². The second-order valence-corrected chi connectivity index (χ2v) is 12.1. The summed E-state index contributed by atoms with van der Waals surface area (Å²) in [5, 5.41) is 4.76. The molecule has 1 aromatic heterocycles. The molecule has 0 unspecified atom stereocenters. The number of para-hydroxylation sites is 1. The first-order valence-corrected chi connectivity index (χ1v) is 15.1. The third-order valence-corrected chi connectivity index (χ3v) is 9.10. The molecule has 5 rings (SSSR count). The van der Waals surface area contributed by atoms with Gasteiger partial charge in [-0.25, -0.2) is 4.99 Å². The maximum atomic E-state index is 13.4. The van der Waals surface area contributed by atoms with E-state index in [-0.39, 0.29) is 5.91 Å². The van der Waals surface area contributed by atoms with Gasteiger partial charge in [-0.2, -0.15) is 0 Å². The normalized spacial score (nSPS) is 12.8. The lowest BCUT2D eigenvalue weighted by Gasteiger charge is -2.14. The predicted octanol–water partition coefficient (Wildman–Crippen LogP) is 9.13. The van der Waals surface area contributed by atoms with E-state index >= 15 is 0 Å². The van der Waals surface area contributed by atoms with Crippen LogP contribution in [-0.2, 0) is 19.4 Å². The molecule has 0 saturated carbocycles. The Morgan fingerprint density at radius 3 is 2.64 bits per heavy atom. The first kappa shape index (κ1) is 28.0. The average Bonchev–Trinajstić information content (AvgIpc) is 3.32. The number of halogens is 3. The van der Waals surface area contributed by atoms with E-state index in [0.29, 0.717) is 33.7 Å². The molecule has 0 spiro atoms. The Morgan fingerprint density at radius 2 is 1.87 bits per heavy atom. The van der Waals surface area contributed by atoms with Crippen molar-refractivity contribution in [3.8, 4) is 11.5 Å². The van der Waals surface area contributed by atoms with Crippen LogP contribution < -0.4 is 14.8 Å². The van der Waals surface area contributed by atoms with Crippen molar-refractivity contribution >= 4 is 79.9 Å². The zero-order valence-corrected chi connectivity index (χ0v) is 25.6. The van der Waals surface area contributed by atoms with Crippen molar-refractivity contribution in [2.45, 2.75) is 32.3 Å². The number of nitrogens with zero attached hydrogens (tertiary/aromatic N) is 1. The number of fused-ring (bicyclic) bond motifs is 1. The third-order valence-electron chi connectivity index (χ3n) is 6.36. The van der Waals surface area contributed by atoms with Crippen molar-refractivity contribution in [2.24, 2.45) is 4.99 Å². The Hall–Kier alpha value is -2.59. The van der Waals surface area contributed by atoms with Crippen LogP contribution >= 0.6 is 57.1 Å². The molecule has 1 aliphatic carbocycles. The second-order valence-electron chi connectivity index (χ2n) is 9.04. The number of hydrogen-bond acceptors (Lipinski definition) is 5. The minimum absolute atomic E-state index is 0.119. The molecule has 0 radical (unpaired) electrons. The predicted molar refractivity (Wildman–Crippen MR) is 169 cm³/mol. The number of thiophene rings is 1. The fourth-order valence-corrected chi connectivity index (χ4v) is 6.80. The molecule has 1 amide bonds. The van der Waals surface area contributed by atoms with Crippen LogP contribution in [0.4, 0.5) is 10.7 Å². The molecule has 9 heteroatoms. The maximum Gasteiger partial charge on any atom is 0.259 e. The molecule has 0 fully saturated rings. The molecule has 5 nitrogen and oxygen atoms in total. The van der Waals surface area contributed by atoms with E-state index in [1.807, 2.05) is 48.5 Å². The number of benzene rings is 3. The van der Waals surface area contributed by atoms with Crippen molar-refractivity contribution in [1.82, 2.24) is 0 Å². The van der Waals surface area contributed by atoms with E-state index in [9.17, 15) is 4.79 Å². The lowest BCUT2D eigenvalue weighted by Crippen LogP contribution is -2.14. The topological polar surface area (TPSA) is 59.9 Å². The first-order chi connectivity index (χ1) is 18.9. The molecule has 0 atom stereocenters. The van der Waals surface area contributed by atoms with Gasteiger partial charge < -0.3 is 14.8 Å². The number of anilines is 1. The van der Waals surface area contributed by atoms with E-state index < -0.39 is 0 Å². The molecule has 1 N–H and O–H groups in total. The SMILES string of the molecule is COc1cc(C=Nc2sc3c(c2C(=O)Nc2ccccc2)CCCC3)cc(I)c1OCc1ccc(Cl)c(Cl)c1. The number of rotatable bonds is 8. The molecule has 0 aliphatic heterocycles. The molecule has 39 heavy (non-hydrogen) atoms. The minimum Gasteiger partial charge on any atom is -0.493 e. The molecule has 3 aromatic carbocycles. The summed E-state index contributed by atoms with van der Waals surface area (Å²) in [5.74, 6) is 1.11. The van der Waals surface area contributed by atoms with Gasteiger partial charge in [0.2, 0.25) is 0 Å². The first-order valence-electron chi connectivity index (χ1n) is 12.4. The van der Waals surface area contributed by atoms with Crippen molar-refractivity contribution in [1.29, 1.82) is 0 Å². The van der Waals surface area contributed by atoms with Crippen LogP contribution in [0.1, 0.15) is 44.8 Å². The number of carbonyl (C=O) groups excluding carboxylic acids is 1. The summed E-state index contributed by atoms with van der Waals surface area (Å²) >= 11 is 16.0. The molecule has 0 bridgehead atoms. The van der Waals surface area contributed by atoms with Crippen molar-refractivity contribution in [2.75, 3.05) is 12.4 Å². The smallest absolute Gasteiger partial charge is 0.259 e. The van der Waals surface area contributed by atoms with E-state index in [4.69, 9.17) is 37.7 Å². The zero-order chi connectivity index (χ0) is 27.4. The molecule has 1 heterocycles. The molecular formula is C30H25Cl2IN2O3S. The lowest BCUT2D eigenvalue weighted by molar-refractivity contribution is 0.102. The van der Waals surface area contributed by atoms with Crippen LogP contribution in [0.2, 0.25) is 10.0 Å². The summed E-state index contributed by atoms with van der Waals surface area (Å²) in [5.41, 5.74) is 4.32. The second kappa shape index (κ2) is 12.7. The molecule has 0 saturated heterocycles. The van der Waals surface area contributed by atoms with E-state index in [1.54, 1.807) is 36.8 Å². The van der Waals surface area contributed by atoms with Crippen LogP contribution in [-0.4, -0.2) is 19.2 Å². The van der Waals surface area contributed by atoms with Crippen molar-refractivity contribution < 1.29 is 14.3 Å². The fourth-order valence-electron chi connectivity index (χ4n) is 4.46. The van der Waals surface area contributed by atoms with E-state index in [0.717, 1.165) is 56.6 Å². The number of amides is 1. The van der Waals surface area contributed by atoms with Crippen molar-refractivity contribution in [3.05, 3.63) is 101 Å². The Labute approximate surface area is 255 Å². The third kappa shape index (κ3) is 6.60. The monoisotopic (exact) mass is 690 g/mol. The van der Waals surface area contributed by atoms with Gasteiger partial charge in [-0.15, -0.1) is 11.3 Å². The Kier molecular flexibility index (Phi) is 9.12. The Morgan fingerprint density at radius 1 is 1.08 bits per heavy atom. The highest BCUT2D eigenvalue weighted by Crippen LogP contribution is 2.41. The van der Waals surface area contributed by atoms with Crippen molar-refractivity contribution in [3.63, 3.8) is 0 Å². The van der Waals surface area contributed by atoms with Crippen LogP contribution in [0.3, 0.4) is 0 Å². The van der Waals surface area contributed by atoms with Crippen LogP contribution in [0.25, 0.3) is 0 Å². The van der Waals surface area contributed by atoms with Gasteiger partial charge in [-0.3, -0.25) is 4.79 Å². The molecule has 200 valence electrons. The van der Waals surface area contributed by atoms with Gasteiger partial charge >= 0.3 is 0 Å². The number of ether oxygens (including phenoxy) is 2. The molecule has 4 aromatic rings. The van der Waals surface area contributed by atoms with Crippen LogP contribution in [0.5, 0.6) is 11.5 Å². The average molecular weight is 691 g/mol. The van der Waals surface area contributed by atoms with E-state index in [1.165, 1.54) is 4.88 Å². The Balaban J connectivity index is 1.40. The summed E-state index contributed by atoms with van der Waals surface area (Å²) in [7, 11) is 1.61. The highest BCUT2D eigenvalue weighted by Gasteiger charge is 2.25. The largest absolute Gasteiger partial charge is 0.493 e. The number of methoxy groups -OCH3 is 1. The number of nitrogens with one attached hydrogen (secondary N) is 1. The van der Waals surface area contributed by atoms with Gasteiger partial charge in [0.05, 0.1) is 26.3 Å².